The smallest absolute Gasteiger partial charge is 0.276 e. The summed E-state index contributed by atoms with van der Waals surface area (Å²) >= 11 is 0. The lowest BCUT2D eigenvalue weighted by atomic mass is 10.1. The number of rotatable bonds is 5. The minimum absolute atomic E-state index is 0.0730. The molecule has 2 aromatic rings. The molecule has 9 nitrogen and oxygen atoms in total. The number of carbonyl (C=O) groups excluding carboxylic acids is 1. The summed E-state index contributed by atoms with van der Waals surface area (Å²) in [6.45, 7) is 7.85. The molecule has 0 unspecified atom stereocenters. The number of aromatic nitrogens is 3. The molecule has 0 radical (unpaired) electrons. The van der Waals surface area contributed by atoms with Crippen molar-refractivity contribution >= 4 is 11.9 Å². The molecule has 2 fully saturated rings. The van der Waals surface area contributed by atoms with Crippen LogP contribution >= 0.6 is 0 Å². The zero-order valence-electron chi connectivity index (χ0n) is 16.2. The summed E-state index contributed by atoms with van der Waals surface area (Å²) in [4.78, 5) is 32.1. The number of piperazine rings is 1. The van der Waals surface area contributed by atoms with Crippen LogP contribution in [0.1, 0.15) is 29.7 Å². The topological polar surface area (TPSA) is 87.8 Å². The lowest BCUT2D eigenvalue weighted by Gasteiger charge is -2.34. The quantitative estimate of drug-likeness (QED) is 0.753. The van der Waals surface area contributed by atoms with Gasteiger partial charge in [0.15, 0.2) is 5.69 Å². The van der Waals surface area contributed by atoms with E-state index in [-0.39, 0.29) is 11.9 Å². The molecule has 1 amide bonds. The first-order valence-electron chi connectivity index (χ1n) is 9.82. The summed E-state index contributed by atoms with van der Waals surface area (Å²) < 4.78 is 11.1. The first kappa shape index (κ1) is 18.8. The zero-order chi connectivity index (χ0) is 19.3. The molecule has 4 rings (SSSR count). The van der Waals surface area contributed by atoms with Gasteiger partial charge in [-0.1, -0.05) is 6.92 Å². The second-order valence-corrected chi connectivity index (χ2v) is 7.07. The second-order valence-electron chi connectivity index (χ2n) is 7.07. The Morgan fingerprint density at radius 1 is 1.18 bits per heavy atom. The normalized spacial score (nSPS) is 21.1. The van der Waals surface area contributed by atoms with Gasteiger partial charge in [-0.3, -0.25) is 9.69 Å². The molecule has 0 N–H and O–H groups in total. The first-order chi connectivity index (χ1) is 13.7. The maximum Gasteiger partial charge on any atom is 0.276 e. The van der Waals surface area contributed by atoms with Crippen molar-refractivity contribution in [3.05, 3.63) is 36.3 Å². The highest BCUT2D eigenvalue weighted by Gasteiger charge is 2.29. The van der Waals surface area contributed by atoms with Crippen molar-refractivity contribution < 1.29 is 13.9 Å². The molecule has 0 saturated carbocycles. The van der Waals surface area contributed by atoms with Crippen molar-refractivity contribution in [2.75, 3.05) is 50.8 Å². The molecule has 0 spiro atoms. The molecule has 0 aliphatic carbocycles. The molecule has 1 atom stereocenters. The van der Waals surface area contributed by atoms with Gasteiger partial charge in [0, 0.05) is 45.1 Å². The maximum atomic E-state index is 12.8. The van der Waals surface area contributed by atoms with E-state index in [0.717, 1.165) is 38.5 Å². The maximum absolute atomic E-state index is 12.8. The van der Waals surface area contributed by atoms with Crippen molar-refractivity contribution in [3.63, 3.8) is 0 Å². The number of oxazole rings is 1. The van der Waals surface area contributed by atoms with Gasteiger partial charge in [-0.2, -0.15) is 0 Å². The highest BCUT2D eigenvalue weighted by Crippen LogP contribution is 2.16. The monoisotopic (exact) mass is 386 g/mol. The van der Waals surface area contributed by atoms with E-state index in [2.05, 4.69) is 31.7 Å². The molecule has 2 aliphatic rings. The van der Waals surface area contributed by atoms with Crippen molar-refractivity contribution in [2.45, 2.75) is 25.9 Å². The van der Waals surface area contributed by atoms with Crippen molar-refractivity contribution in [1.82, 2.24) is 24.8 Å². The van der Waals surface area contributed by atoms with Gasteiger partial charge in [0.25, 0.3) is 5.91 Å². The highest BCUT2D eigenvalue weighted by molar-refractivity contribution is 5.92. The van der Waals surface area contributed by atoms with Crippen LogP contribution in [0.15, 0.2) is 29.1 Å². The van der Waals surface area contributed by atoms with Crippen LogP contribution < -0.4 is 4.90 Å². The van der Waals surface area contributed by atoms with E-state index >= 15 is 0 Å². The van der Waals surface area contributed by atoms with E-state index in [1.807, 2.05) is 11.0 Å². The number of hydrogen-bond acceptors (Lipinski definition) is 8. The molecule has 2 saturated heterocycles. The van der Waals surface area contributed by atoms with E-state index in [1.54, 1.807) is 12.4 Å². The van der Waals surface area contributed by atoms with Crippen LogP contribution in [0.4, 0.5) is 5.95 Å². The number of ether oxygens (including phenoxy) is 1. The van der Waals surface area contributed by atoms with Crippen LogP contribution in [0.5, 0.6) is 0 Å². The highest BCUT2D eigenvalue weighted by atomic mass is 16.5. The lowest BCUT2D eigenvalue weighted by molar-refractivity contribution is -0.00311. The van der Waals surface area contributed by atoms with Crippen molar-refractivity contribution in [1.29, 1.82) is 0 Å². The summed E-state index contributed by atoms with van der Waals surface area (Å²) in [6, 6.07) is 1.93. The van der Waals surface area contributed by atoms with Gasteiger partial charge in [-0.15, -0.1) is 0 Å². The van der Waals surface area contributed by atoms with E-state index in [4.69, 9.17) is 9.15 Å². The number of nitrogens with zero attached hydrogens (tertiary/aromatic N) is 6. The summed E-state index contributed by atoms with van der Waals surface area (Å²) in [5, 5.41) is 0. The van der Waals surface area contributed by atoms with E-state index in [9.17, 15) is 4.79 Å². The molecule has 28 heavy (non-hydrogen) atoms. The number of morpholine rings is 1. The van der Waals surface area contributed by atoms with Crippen LogP contribution in [0, 0.1) is 0 Å². The molecule has 2 aliphatic heterocycles. The van der Waals surface area contributed by atoms with E-state index in [0.29, 0.717) is 37.9 Å². The van der Waals surface area contributed by atoms with Crippen molar-refractivity contribution in [2.24, 2.45) is 0 Å². The molecule has 0 aromatic carbocycles. The number of hydrogen-bond donors (Lipinski definition) is 0. The molecule has 150 valence electrons. The second kappa shape index (κ2) is 8.66. The third-order valence-corrected chi connectivity index (χ3v) is 5.30. The number of anilines is 1. The Hall–Kier alpha value is -2.52. The minimum atomic E-state index is -0.0730. The van der Waals surface area contributed by atoms with Gasteiger partial charge in [-0.05, 0) is 12.5 Å². The van der Waals surface area contributed by atoms with Crippen LogP contribution in [0.25, 0.3) is 0 Å². The Bertz CT molecular complexity index is 775. The Balaban J connectivity index is 1.32. The first-order valence-corrected chi connectivity index (χ1v) is 9.82. The summed E-state index contributed by atoms with van der Waals surface area (Å²) in [7, 11) is 0. The standard InChI is InChI=1S/C19H26N6O3/c1-2-15-13-27-11-10-25(15)18(26)16-14-28-17(22-16)12-23-6-8-24(9-7-23)19-20-4-3-5-21-19/h3-5,14-15H,2,6-13H2,1H3/t15-/m1/s1. The predicted octanol–water partition coefficient (Wildman–Crippen LogP) is 1.04. The summed E-state index contributed by atoms with van der Waals surface area (Å²) in [6.07, 6.45) is 5.87. The van der Waals surface area contributed by atoms with Crippen LogP contribution in [-0.4, -0.2) is 82.6 Å². The fourth-order valence-corrected chi connectivity index (χ4v) is 3.64. The van der Waals surface area contributed by atoms with Gasteiger partial charge in [0.1, 0.15) is 6.26 Å². The van der Waals surface area contributed by atoms with E-state index < -0.39 is 0 Å². The lowest BCUT2D eigenvalue weighted by Crippen LogP contribution is -2.48. The fourth-order valence-electron chi connectivity index (χ4n) is 3.64. The van der Waals surface area contributed by atoms with Gasteiger partial charge < -0.3 is 19.0 Å². The van der Waals surface area contributed by atoms with E-state index in [1.165, 1.54) is 6.26 Å². The fraction of sp³-hybridized carbons (Fsp3) is 0.579. The molecule has 2 aromatic heterocycles. The Morgan fingerprint density at radius 3 is 2.71 bits per heavy atom. The molecule has 0 bridgehead atoms. The third kappa shape index (κ3) is 4.15. The average Bonchev–Trinajstić information content (AvgIpc) is 3.23. The SMILES string of the molecule is CC[C@@H]1COCCN1C(=O)c1coc(CN2CCN(c3ncccn3)CC2)n1. The zero-order valence-corrected chi connectivity index (χ0v) is 16.2. The number of amides is 1. The van der Waals surface area contributed by atoms with Crippen LogP contribution in [0.2, 0.25) is 0 Å². The Kier molecular flexibility index (Phi) is 5.82. The Morgan fingerprint density at radius 2 is 1.96 bits per heavy atom. The third-order valence-electron chi connectivity index (χ3n) is 5.30. The Labute approximate surface area is 164 Å². The molecular formula is C19H26N6O3. The predicted molar refractivity (Wildman–Crippen MR) is 102 cm³/mol. The minimum Gasteiger partial charge on any atom is -0.447 e. The van der Waals surface area contributed by atoms with Gasteiger partial charge in [0.2, 0.25) is 11.8 Å². The number of carbonyl (C=O) groups is 1. The van der Waals surface area contributed by atoms with Gasteiger partial charge in [-0.25, -0.2) is 15.0 Å². The van der Waals surface area contributed by atoms with Gasteiger partial charge >= 0.3 is 0 Å². The molecular weight excluding hydrogens is 360 g/mol. The summed E-state index contributed by atoms with van der Waals surface area (Å²) in [5.41, 5.74) is 0.381. The van der Waals surface area contributed by atoms with Crippen molar-refractivity contribution in [3.8, 4) is 0 Å². The molecule has 4 heterocycles. The average molecular weight is 386 g/mol. The van der Waals surface area contributed by atoms with Gasteiger partial charge in [0.05, 0.1) is 25.8 Å². The van der Waals surface area contributed by atoms with Crippen LogP contribution in [0.3, 0.4) is 0 Å². The molecule has 9 heteroatoms. The van der Waals surface area contributed by atoms with Crippen LogP contribution in [-0.2, 0) is 11.3 Å². The summed E-state index contributed by atoms with van der Waals surface area (Å²) in [5.74, 6) is 1.27. The largest absolute Gasteiger partial charge is 0.447 e.